The Kier molecular flexibility index (Phi) is 6.04. The smallest absolute Gasteiger partial charge is 0.419 e. The van der Waals surface area contributed by atoms with Crippen molar-refractivity contribution in [3.63, 3.8) is 0 Å². The van der Waals surface area contributed by atoms with Gasteiger partial charge in [0.05, 0.1) is 5.52 Å². The zero-order chi connectivity index (χ0) is 23.1. The molecule has 170 valence electrons. The van der Waals surface area contributed by atoms with E-state index in [-0.39, 0.29) is 19.5 Å². The summed E-state index contributed by atoms with van der Waals surface area (Å²) < 4.78 is 41.1. The first-order chi connectivity index (χ1) is 14.2. The lowest BCUT2D eigenvalue weighted by atomic mass is 9.89. The number of halogens is 2. The van der Waals surface area contributed by atoms with E-state index in [1.807, 2.05) is 0 Å². The fraction of sp³-hybridized carbons (Fsp3) is 0.565. The van der Waals surface area contributed by atoms with E-state index in [0.717, 1.165) is 0 Å². The van der Waals surface area contributed by atoms with E-state index in [1.54, 1.807) is 41.5 Å². The highest BCUT2D eigenvalue weighted by atomic mass is 19.1. The lowest BCUT2D eigenvalue weighted by Gasteiger charge is -2.36. The number of piperidine rings is 1. The molecule has 6 nitrogen and oxygen atoms in total. The van der Waals surface area contributed by atoms with E-state index in [4.69, 9.17) is 9.47 Å². The van der Waals surface area contributed by atoms with Crippen LogP contribution in [0.2, 0.25) is 0 Å². The van der Waals surface area contributed by atoms with Crippen molar-refractivity contribution in [3.8, 4) is 0 Å². The van der Waals surface area contributed by atoms with Crippen LogP contribution >= 0.6 is 0 Å². The molecule has 0 radical (unpaired) electrons. The summed E-state index contributed by atoms with van der Waals surface area (Å²) in [5, 5.41) is 0.547. The van der Waals surface area contributed by atoms with Gasteiger partial charge in [-0.2, -0.15) is 0 Å². The van der Waals surface area contributed by atoms with E-state index in [1.165, 1.54) is 33.9 Å². The molecule has 0 aliphatic carbocycles. The largest absolute Gasteiger partial charge is 0.444 e. The summed E-state index contributed by atoms with van der Waals surface area (Å²) in [7, 11) is 0. The van der Waals surface area contributed by atoms with Gasteiger partial charge in [0.15, 0.2) is 0 Å². The van der Waals surface area contributed by atoms with Gasteiger partial charge in [-0.1, -0.05) is 0 Å². The zero-order valence-electron chi connectivity index (χ0n) is 18.9. The van der Waals surface area contributed by atoms with Gasteiger partial charge in [-0.25, -0.2) is 18.4 Å². The second-order valence-electron chi connectivity index (χ2n) is 9.93. The third kappa shape index (κ3) is 5.35. The van der Waals surface area contributed by atoms with Gasteiger partial charge in [0.1, 0.15) is 23.2 Å². The van der Waals surface area contributed by atoms with E-state index in [0.29, 0.717) is 16.5 Å². The van der Waals surface area contributed by atoms with Gasteiger partial charge in [-0.3, -0.25) is 4.57 Å². The first kappa shape index (κ1) is 23.0. The topological polar surface area (TPSA) is 60.8 Å². The summed E-state index contributed by atoms with van der Waals surface area (Å²) in [6.07, 6.45) is -0.768. The average Bonchev–Trinajstić information content (AvgIpc) is 2.97. The number of carbonyl (C=O) groups is 2. The molecule has 2 heterocycles. The minimum atomic E-state index is -1.22. The number of carbonyl (C=O) groups excluding carboxylic acids is 2. The Hall–Kier alpha value is -2.64. The number of alkyl halides is 1. The molecular formula is C23H30F2N2O4. The molecule has 3 rings (SSSR count). The van der Waals surface area contributed by atoms with Crippen LogP contribution in [0.5, 0.6) is 0 Å². The van der Waals surface area contributed by atoms with Crippen LogP contribution in [-0.4, -0.2) is 52.1 Å². The van der Waals surface area contributed by atoms with Gasteiger partial charge in [0.25, 0.3) is 0 Å². The monoisotopic (exact) mass is 436 g/mol. The molecule has 0 N–H and O–H groups in total. The van der Waals surface area contributed by atoms with Gasteiger partial charge < -0.3 is 14.4 Å². The van der Waals surface area contributed by atoms with Crippen LogP contribution in [0.3, 0.4) is 0 Å². The molecule has 2 aromatic rings. The highest BCUT2D eigenvalue weighted by Gasteiger charge is 2.36. The number of rotatable bonds is 1. The summed E-state index contributed by atoms with van der Waals surface area (Å²) in [6.45, 7) is 10.8. The molecule has 31 heavy (non-hydrogen) atoms. The molecule has 1 fully saturated rings. The highest BCUT2D eigenvalue weighted by molar-refractivity contribution is 5.92. The van der Waals surface area contributed by atoms with Crippen molar-refractivity contribution >= 4 is 23.1 Å². The lowest BCUT2D eigenvalue weighted by Crippen LogP contribution is -2.45. The summed E-state index contributed by atoms with van der Waals surface area (Å²) in [5.74, 6) is -1.20. The number of fused-ring (bicyclic) bond motifs is 1. The molecule has 0 bridgehead atoms. The summed E-state index contributed by atoms with van der Waals surface area (Å²) in [5.41, 5.74) is -0.585. The molecule has 0 spiro atoms. The standard InChI is InChI=1S/C23H30F2N2O4/c1-22(2,3)30-20(28)26-10-9-18(25)17(12-26)16-13-27(21(29)31-23(4,5)6)19-11-14(24)7-8-15(16)19/h7-8,11,13,17-18H,9-10,12H2,1-6H3/t17-,18+/m1/s1. The molecule has 8 heteroatoms. The van der Waals surface area contributed by atoms with Crippen molar-refractivity contribution in [1.29, 1.82) is 0 Å². The van der Waals surface area contributed by atoms with Crippen LogP contribution < -0.4 is 0 Å². The van der Waals surface area contributed by atoms with E-state index in [2.05, 4.69) is 0 Å². The van der Waals surface area contributed by atoms with Crippen LogP contribution in [0.15, 0.2) is 24.4 Å². The number of likely N-dealkylation sites (tertiary alicyclic amines) is 1. The molecule has 0 saturated carbocycles. The molecule has 1 aliphatic heterocycles. The third-order valence-corrected chi connectivity index (χ3v) is 4.97. The molecule has 0 unspecified atom stereocenters. The average molecular weight is 436 g/mol. The number of hydrogen-bond donors (Lipinski definition) is 0. The number of ether oxygens (including phenoxy) is 2. The SMILES string of the molecule is CC(C)(C)OC(=O)N1CC[C@H](F)[C@@H](c2cn(C(=O)OC(C)(C)C)c3cc(F)ccc23)C1. The normalized spacial score (nSPS) is 20.1. The van der Waals surface area contributed by atoms with E-state index < -0.39 is 41.3 Å². The summed E-state index contributed by atoms with van der Waals surface area (Å²) in [4.78, 5) is 26.7. The third-order valence-electron chi connectivity index (χ3n) is 4.97. The first-order valence-electron chi connectivity index (χ1n) is 10.4. The Labute approximate surface area is 181 Å². The number of nitrogens with zero attached hydrogens (tertiary/aromatic N) is 2. The second-order valence-corrected chi connectivity index (χ2v) is 9.93. The minimum absolute atomic E-state index is 0.0981. The van der Waals surface area contributed by atoms with Crippen molar-refractivity contribution in [2.24, 2.45) is 0 Å². The minimum Gasteiger partial charge on any atom is -0.444 e. The van der Waals surface area contributed by atoms with Gasteiger partial charge in [0, 0.05) is 30.6 Å². The lowest BCUT2D eigenvalue weighted by molar-refractivity contribution is 0.0134. The van der Waals surface area contributed by atoms with Gasteiger partial charge in [-0.05, 0) is 71.7 Å². The first-order valence-corrected chi connectivity index (χ1v) is 10.4. The van der Waals surface area contributed by atoms with Crippen LogP contribution in [0.1, 0.15) is 59.4 Å². The van der Waals surface area contributed by atoms with Gasteiger partial charge >= 0.3 is 12.2 Å². The van der Waals surface area contributed by atoms with Crippen LogP contribution in [0.4, 0.5) is 18.4 Å². The van der Waals surface area contributed by atoms with Crippen molar-refractivity contribution in [2.75, 3.05) is 13.1 Å². The molecule has 1 saturated heterocycles. The number of benzene rings is 1. The zero-order valence-corrected chi connectivity index (χ0v) is 18.9. The van der Waals surface area contributed by atoms with E-state index in [9.17, 15) is 14.0 Å². The molecule has 1 amide bonds. The molecular weight excluding hydrogens is 406 g/mol. The molecule has 2 atom stereocenters. The summed E-state index contributed by atoms with van der Waals surface area (Å²) in [6, 6.07) is 4.03. The van der Waals surface area contributed by atoms with Crippen molar-refractivity contribution < 1.29 is 27.8 Å². The highest BCUT2D eigenvalue weighted by Crippen LogP contribution is 2.36. The van der Waals surface area contributed by atoms with Gasteiger partial charge in [0.2, 0.25) is 0 Å². The van der Waals surface area contributed by atoms with Crippen LogP contribution in [-0.2, 0) is 9.47 Å². The van der Waals surface area contributed by atoms with Crippen LogP contribution in [0.25, 0.3) is 10.9 Å². The fourth-order valence-corrected chi connectivity index (χ4v) is 3.69. The summed E-state index contributed by atoms with van der Waals surface area (Å²) >= 11 is 0. The van der Waals surface area contributed by atoms with E-state index >= 15 is 4.39 Å². The Morgan fingerprint density at radius 3 is 2.26 bits per heavy atom. The van der Waals surface area contributed by atoms with Crippen molar-refractivity contribution in [3.05, 3.63) is 35.8 Å². The van der Waals surface area contributed by atoms with Crippen LogP contribution in [0, 0.1) is 5.82 Å². The predicted octanol–water partition coefficient (Wildman–Crippen LogP) is 5.63. The Morgan fingerprint density at radius 1 is 1.03 bits per heavy atom. The Balaban J connectivity index is 1.99. The number of aromatic nitrogens is 1. The number of amides is 1. The quantitative estimate of drug-likeness (QED) is 0.582. The maximum atomic E-state index is 15.0. The molecule has 1 aromatic carbocycles. The Morgan fingerprint density at radius 2 is 1.65 bits per heavy atom. The van der Waals surface area contributed by atoms with Crippen molar-refractivity contribution in [2.45, 2.75) is 71.3 Å². The fourth-order valence-electron chi connectivity index (χ4n) is 3.69. The Bertz CT molecular complexity index is 988. The van der Waals surface area contributed by atoms with Crippen molar-refractivity contribution in [1.82, 2.24) is 9.47 Å². The maximum absolute atomic E-state index is 15.0. The number of hydrogen-bond acceptors (Lipinski definition) is 4. The maximum Gasteiger partial charge on any atom is 0.419 e. The molecule has 1 aliphatic rings. The molecule has 1 aromatic heterocycles. The predicted molar refractivity (Wildman–Crippen MR) is 114 cm³/mol. The van der Waals surface area contributed by atoms with Gasteiger partial charge in [-0.15, -0.1) is 0 Å². The second kappa shape index (κ2) is 8.13.